The topological polar surface area (TPSA) is 0 Å². The van der Waals surface area contributed by atoms with Gasteiger partial charge in [0.1, 0.15) is 0 Å². The molecule has 0 saturated heterocycles. The molecule has 0 saturated carbocycles. The van der Waals surface area contributed by atoms with Gasteiger partial charge in [-0.15, -0.1) is 69.1 Å². The molecule has 0 radical (unpaired) electrons. The van der Waals surface area contributed by atoms with E-state index in [2.05, 4.69) is 90.1 Å². The SMILES string of the molecule is C[CH]=[Zr]([Cl])[Cl].Cc1cc2c(C)c(C)ccc2[cH-]1.Cc1cc2c(C)c(C)ccc2[cH-]1. The molecule has 0 amide bonds. The zero-order chi connectivity index (χ0) is 21.7. The summed E-state index contributed by atoms with van der Waals surface area (Å²) in [4.78, 5) is 0. The van der Waals surface area contributed by atoms with Crippen LogP contribution in [-0.4, -0.2) is 3.71 Å². The first kappa shape index (κ1) is 24.3. The third-order valence-electron chi connectivity index (χ3n) is 5.37. The summed E-state index contributed by atoms with van der Waals surface area (Å²) < 4.78 is 1.89. The third-order valence-corrected chi connectivity index (χ3v) is 9.02. The Morgan fingerprint density at radius 2 is 1.03 bits per heavy atom. The maximum absolute atomic E-state index is 5.37. The largest absolute Gasteiger partial charge is 0.165 e. The molecule has 29 heavy (non-hydrogen) atoms. The molecule has 0 bridgehead atoms. The number of halogens is 2. The Balaban J connectivity index is 0.000000170. The normalized spacial score (nSPS) is 10.2. The molecule has 0 nitrogen and oxygen atoms in total. The zero-order valence-electron chi connectivity index (χ0n) is 18.5. The van der Waals surface area contributed by atoms with Crippen LogP contribution in [0.25, 0.3) is 21.5 Å². The van der Waals surface area contributed by atoms with E-state index in [1.165, 1.54) is 54.9 Å². The van der Waals surface area contributed by atoms with E-state index < -0.39 is 18.9 Å². The van der Waals surface area contributed by atoms with Crippen LogP contribution in [0.4, 0.5) is 0 Å². The summed E-state index contributed by atoms with van der Waals surface area (Å²) in [7, 11) is 10.7. The minimum Gasteiger partial charge on any atom is -0.165 e. The molecule has 0 aliphatic carbocycles. The summed E-state index contributed by atoms with van der Waals surface area (Å²) in [6.07, 6.45) is 0. The Bertz CT molecular complexity index is 1050. The summed E-state index contributed by atoms with van der Waals surface area (Å²) in [5, 5.41) is 5.56. The van der Waals surface area contributed by atoms with Gasteiger partial charge in [-0.25, -0.2) is 0 Å². The molecule has 0 unspecified atom stereocenters. The quantitative estimate of drug-likeness (QED) is 0.210. The third kappa shape index (κ3) is 6.48. The van der Waals surface area contributed by atoms with E-state index in [0.29, 0.717) is 0 Å². The Hall–Kier alpha value is -1.01. The molecule has 3 heteroatoms. The molecule has 4 rings (SSSR count). The van der Waals surface area contributed by atoms with Crippen LogP contribution in [0.3, 0.4) is 0 Å². The van der Waals surface area contributed by atoms with E-state index in [1.54, 1.807) is 0 Å². The van der Waals surface area contributed by atoms with Gasteiger partial charge >= 0.3 is 46.5 Å². The average molecular weight is 505 g/mol. The summed E-state index contributed by atoms with van der Waals surface area (Å²) >= 11 is -1.76. The molecular formula is C26H30Cl2Zr-2. The first-order chi connectivity index (χ1) is 13.6. The Morgan fingerprint density at radius 3 is 1.34 bits per heavy atom. The summed E-state index contributed by atoms with van der Waals surface area (Å²) in [5.74, 6) is 0. The average Bonchev–Trinajstić information content (AvgIpc) is 3.25. The van der Waals surface area contributed by atoms with Gasteiger partial charge in [-0.05, 0) is 27.7 Å². The van der Waals surface area contributed by atoms with Gasteiger partial charge in [-0.2, -0.15) is 12.1 Å². The molecule has 0 spiro atoms. The van der Waals surface area contributed by atoms with Gasteiger partial charge < -0.3 is 0 Å². The van der Waals surface area contributed by atoms with Crippen LogP contribution in [0.2, 0.25) is 0 Å². The second-order valence-corrected chi connectivity index (χ2v) is 16.5. The van der Waals surface area contributed by atoms with Crippen molar-refractivity contribution in [1.82, 2.24) is 0 Å². The molecule has 0 aliphatic rings. The maximum Gasteiger partial charge on any atom is -0.0411 e. The second-order valence-electron chi connectivity index (χ2n) is 7.66. The number of aryl methyl sites for hydroxylation is 6. The maximum atomic E-state index is 5.37. The molecule has 0 heterocycles. The van der Waals surface area contributed by atoms with Gasteiger partial charge in [0.05, 0.1) is 0 Å². The minimum absolute atomic E-state index is 1.36. The van der Waals surface area contributed by atoms with Crippen LogP contribution < -0.4 is 0 Å². The molecule has 0 fully saturated rings. The van der Waals surface area contributed by atoms with Crippen molar-refractivity contribution in [2.24, 2.45) is 0 Å². The van der Waals surface area contributed by atoms with Crippen molar-refractivity contribution < 1.29 is 18.9 Å². The standard InChI is InChI=1S/2C12H13.C2H4.2ClH.Zr/c2*1-8-6-11-5-4-9(2)10(3)12(11)7-8;1-2;;;/h2*4-7H,1-3H3;1H,2H3;2*1H;/q2*-1;;;;+2/p-2. The molecule has 4 aromatic carbocycles. The fourth-order valence-electron chi connectivity index (χ4n) is 3.38. The Labute approximate surface area is 190 Å². The predicted octanol–water partition coefficient (Wildman–Crippen LogP) is 8.70. The van der Waals surface area contributed by atoms with E-state index in [-0.39, 0.29) is 0 Å². The molecule has 0 atom stereocenters. The molecular weight excluding hydrogens is 474 g/mol. The number of hydrogen-bond acceptors (Lipinski definition) is 0. The van der Waals surface area contributed by atoms with E-state index in [0.717, 1.165) is 0 Å². The van der Waals surface area contributed by atoms with Gasteiger partial charge in [0, 0.05) is 0 Å². The fraction of sp³-hybridized carbons (Fsp3) is 0.269. The van der Waals surface area contributed by atoms with E-state index in [9.17, 15) is 0 Å². The Kier molecular flexibility index (Phi) is 9.08. The summed E-state index contributed by atoms with van der Waals surface area (Å²) in [6, 6.07) is 17.8. The van der Waals surface area contributed by atoms with Crippen molar-refractivity contribution in [3.63, 3.8) is 0 Å². The van der Waals surface area contributed by atoms with Gasteiger partial charge in [0.15, 0.2) is 0 Å². The van der Waals surface area contributed by atoms with Crippen molar-refractivity contribution in [2.75, 3.05) is 0 Å². The van der Waals surface area contributed by atoms with Gasteiger partial charge in [0.2, 0.25) is 0 Å². The summed E-state index contributed by atoms with van der Waals surface area (Å²) in [5.41, 5.74) is 8.32. The number of fused-ring (bicyclic) bond motifs is 2. The van der Waals surface area contributed by atoms with Gasteiger partial charge in [-0.1, -0.05) is 36.1 Å². The zero-order valence-corrected chi connectivity index (χ0v) is 22.4. The molecule has 0 N–H and O–H groups in total. The van der Waals surface area contributed by atoms with Crippen LogP contribution in [0, 0.1) is 41.5 Å². The van der Waals surface area contributed by atoms with Gasteiger partial charge in [-0.3, -0.25) is 0 Å². The van der Waals surface area contributed by atoms with E-state index >= 15 is 0 Å². The van der Waals surface area contributed by atoms with Crippen LogP contribution in [0.5, 0.6) is 0 Å². The van der Waals surface area contributed by atoms with Crippen LogP contribution >= 0.6 is 17.0 Å². The van der Waals surface area contributed by atoms with E-state index in [1.807, 2.05) is 10.6 Å². The van der Waals surface area contributed by atoms with Crippen LogP contribution in [-0.2, 0) is 18.9 Å². The smallest absolute Gasteiger partial charge is 0.0411 e. The predicted molar refractivity (Wildman–Crippen MR) is 131 cm³/mol. The molecule has 4 aromatic rings. The number of hydrogen-bond donors (Lipinski definition) is 0. The second kappa shape index (κ2) is 10.9. The Morgan fingerprint density at radius 1 is 0.690 bits per heavy atom. The van der Waals surface area contributed by atoms with Crippen molar-refractivity contribution in [2.45, 2.75) is 48.5 Å². The molecule has 154 valence electrons. The van der Waals surface area contributed by atoms with Crippen molar-refractivity contribution in [1.29, 1.82) is 0 Å². The van der Waals surface area contributed by atoms with Crippen LogP contribution in [0.15, 0.2) is 48.5 Å². The first-order valence-corrected chi connectivity index (χ1v) is 17.6. The van der Waals surface area contributed by atoms with Gasteiger partial charge in [0.25, 0.3) is 0 Å². The van der Waals surface area contributed by atoms with E-state index in [4.69, 9.17) is 17.0 Å². The number of benzene rings is 2. The summed E-state index contributed by atoms with van der Waals surface area (Å²) in [6.45, 7) is 14.9. The first-order valence-electron chi connectivity index (χ1n) is 9.87. The van der Waals surface area contributed by atoms with Crippen molar-refractivity contribution in [3.8, 4) is 0 Å². The fourth-order valence-corrected chi connectivity index (χ4v) is 3.38. The van der Waals surface area contributed by atoms with Crippen LogP contribution in [0.1, 0.15) is 40.3 Å². The van der Waals surface area contributed by atoms with Crippen molar-refractivity contribution in [3.05, 3.63) is 81.9 Å². The number of rotatable bonds is 0. The molecule has 0 aliphatic heterocycles. The van der Waals surface area contributed by atoms with Crippen molar-refractivity contribution >= 4 is 42.3 Å². The minimum atomic E-state index is -1.76. The molecule has 0 aromatic heterocycles. The monoisotopic (exact) mass is 502 g/mol.